The van der Waals surface area contributed by atoms with Gasteiger partial charge in [-0.3, -0.25) is 24.2 Å². The number of ether oxygens (including phenoxy) is 1. The molecule has 68 heavy (non-hydrogen) atoms. The maximum atomic E-state index is 12.9. The van der Waals surface area contributed by atoms with Crippen LogP contribution in [0.15, 0.2) is 110 Å². The minimum Gasteiger partial charge on any atom is -0.405 e. The fourth-order valence-corrected chi connectivity index (χ4v) is 9.11. The Kier molecular flexibility index (Phi) is 15.4. The molecule has 0 bridgehead atoms. The molecule has 0 spiro atoms. The molecule has 14 nitrogen and oxygen atoms in total. The molecule has 2 aliphatic heterocycles. The van der Waals surface area contributed by atoms with Crippen LogP contribution in [0.25, 0.3) is 27.5 Å². The number of imidazole rings is 1. The average Bonchev–Trinajstić information content (AvgIpc) is 4.14. The molecule has 0 unspecified atom stereocenters. The third-order valence-corrected chi connectivity index (χ3v) is 12.9. The average molecular weight is 932 g/mol. The number of hydrogen-bond acceptors (Lipinski definition) is 7. The van der Waals surface area contributed by atoms with Crippen molar-refractivity contribution in [3.63, 3.8) is 0 Å². The number of aromatic nitrogens is 5. The first-order valence-corrected chi connectivity index (χ1v) is 23.4. The van der Waals surface area contributed by atoms with E-state index in [0.29, 0.717) is 49.3 Å². The number of nitrogens with zero attached hydrogens (tertiary/aromatic N) is 5. The van der Waals surface area contributed by atoms with Crippen molar-refractivity contribution in [3.8, 4) is 5.75 Å². The van der Waals surface area contributed by atoms with Crippen molar-refractivity contribution in [2.24, 2.45) is 11.8 Å². The van der Waals surface area contributed by atoms with Crippen LogP contribution in [0, 0.1) is 11.8 Å². The number of hydrogen-bond donors (Lipinski definition) is 4. The Balaban J connectivity index is 0.000000184. The van der Waals surface area contributed by atoms with Crippen molar-refractivity contribution in [1.29, 1.82) is 0 Å². The molecular formula is C51H56F3N9O5. The summed E-state index contributed by atoms with van der Waals surface area (Å²) in [4.78, 5) is 68.4. The van der Waals surface area contributed by atoms with Crippen molar-refractivity contribution in [3.05, 3.63) is 132 Å². The van der Waals surface area contributed by atoms with Gasteiger partial charge in [0.05, 0.1) is 11.1 Å². The van der Waals surface area contributed by atoms with Gasteiger partial charge in [-0.2, -0.15) is 0 Å². The van der Waals surface area contributed by atoms with Crippen LogP contribution < -0.4 is 15.4 Å². The number of aromatic amines is 2. The van der Waals surface area contributed by atoms with Crippen molar-refractivity contribution in [1.82, 2.24) is 44.8 Å². The first-order valence-electron chi connectivity index (χ1n) is 23.4. The van der Waals surface area contributed by atoms with E-state index in [0.717, 1.165) is 116 Å². The Labute approximate surface area is 391 Å². The lowest BCUT2D eigenvalue weighted by molar-refractivity contribution is -0.274. The lowest BCUT2D eigenvalue weighted by atomic mass is 9.91. The van der Waals surface area contributed by atoms with Crippen molar-refractivity contribution in [2.45, 2.75) is 70.6 Å². The number of carbonyl (C=O) groups is 4. The Bertz CT molecular complexity index is 2790. The maximum absolute atomic E-state index is 12.9. The molecule has 0 aliphatic carbocycles. The number of fused-ring (bicyclic) bond motifs is 3. The number of halogens is 3. The third-order valence-electron chi connectivity index (χ3n) is 12.9. The van der Waals surface area contributed by atoms with E-state index in [1.165, 1.54) is 18.2 Å². The number of benzene rings is 2. The lowest BCUT2D eigenvalue weighted by Gasteiger charge is -2.32. The number of pyridine rings is 2. The second-order valence-corrected chi connectivity index (χ2v) is 17.6. The zero-order chi connectivity index (χ0) is 47.5. The fourth-order valence-electron chi connectivity index (χ4n) is 9.11. The summed E-state index contributed by atoms with van der Waals surface area (Å²) in [5, 5.41) is 7.90. The van der Waals surface area contributed by atoms with Gasteiger partial charge in [0.1, 0.15) is 17.1 Å². The van der Waals surface area contributed by atoms with Gasteiger partial charge in [-0.25, -0.2) is 4.98 Å². The number of unbranched alkanes of at least 4 members (excludes halogenated alkanes) is 2. The predicted molar refractivity (Wildman–Crippen MR) is 252 cm³/mol. The van der Waals surface area contributed by atoms with E-state index in [-0.39, 0.29) is 23.3 Å². The minimum absolute atomic E-state index is 0.0461. The summed E-state index contributed by atoms with van der Waals surface area (Å²) in [5.74, 6) is 0.112. The monoisotopic (exact) mass is 931 g/mol. The highest BCUT2D eigenvalue weighted by atomic mass is 19.4. The van der Waals surface area contributed by atoms with Crippen LogP contribution in [0.1, 0.15) is 106 Å². The molecule has 5 aromatic heterocycles. The Morgan fingerprint density at radius 2 is 1.38 bits per heavy atom. The molecule has 4 amide bonds. The quantitative estimate of drug-likeness (QED) is 0.0743. The van der Waals surface area contributed by atoms with E-state index in [4.69, 9.17) is 0 Å². The first-order chi connectivity index (χ1) is 33.0. The van der Waals surface area contributed by atoms with Gasteiger partial charge in [0.15, 0.2) is 0 Å². The molecule has 9 rings (SSSR count). The number of piperidine rings is 2. The lowest BCUT2D eigenvalue weighted by Crippen LogP contribution is -2.38. The highest BCUT2D eigenvalue weighted by molar-refractivity contribution is 5.99. The standard InChI is InChI=1S/C26H29N5O2.C25H27F3N4O3/c32-25(22-5-7-24-28-13-16-31(24)18-22)29-11-2-1-3-19-9-14-30(15-10-19)26(33)21-4-6-23-20(17-21)8-12-27-23;26-25(27,28)35-22-7-2-1-6-19(22)24(34)32-13-9-17(10-14-32)5-3-4-11-30-23(33)21-15-18-16-29-12-8-20(18)31-21/h4-8,12-13,16-19,27H,1-3,9-11,14-15H2,(H,29,32);1-2,6-8,12,15-17,31H,3-5,9-11,13-14H2,(H,30,33). The summed E-state index contributed by atoms with van der Waals surface area (Å²) >= 11 is 0. The normalized spacial score (nSPS) is 14.8. The Morgan fingerprint density at radius 3 is 2.09 bits per heavy atom. The van der Waals surface area contributed by atoms with E-state index in [1.807, 2.05) is 70.4 Å². The largest absolute Gasteiger partial charge is 0.573 e. The van der Waals surface area contributed by atoms with Gasteiger partial charge in [-0.1, -0.05) is 37.8 Å². The highest BCUT2D eigenvalue weighted by Crippen LogP contribution is 2.30. The molecule has 2 aliphatic rings. The highest BCUT2D eigenvalue weighted by Gasteiger charge is 2.34. The second-order valence-electron chi connectivity index (χ2n) is 17.6. The van der Waals surface area contributed by atoms with Crippen LogP contribution in [-0.2, 0) is 0 Å². The Hall–Kier alpha value is -7.17. The zero-order valence-electron chi connectivity index (χ0n) is 37.8. The summed E-state index contributed by atoms with van der Waals surface area (Å²) < 4.78 is 43.8. The number of carbonyl (C=O) groups excluding carboxylic acids is 4. The van der Waals surface area contributed by atoms with Gasteiger partial charge in [0.2, 0.25) is 0 Å². The van der Waals surface area contributed by atoms with Crippen LogP contribution >= 0.6 is 0 Å². The SMILES string of the molecule is O=C(NCCCCC1CCN(C(=O)c2ccc3[nH]ccc3c2)CC1)c1ccc2nccn2c1.O=C(NCCCCC1CCN(C(=O)c2ccccc2OC(F)(F)F)CC1)c1cc2cnccc2[nH]1. The number of likely N-dealkylation sites (tertiary alicyclic amines) is 2. The van der Waals surface area contributed by atoms with Crippen molar-refractivity contribution >= 4 is 51.1 Å². The summed E-state index contributed by atoms with van der Waals surface area (Å²) in [5.41, 5.74) is 4.60. The molecular weight excluding hydrogens is 876 g/mol. The zero-order valence-corrected chi connectivity index (χ0v) is 37.8. The molecule has 7 heterocycles. The van der Waals surface area contributed by atoms with E-state index in [9.17, 15) is 32.3 Å². The molecule has 4 N–H and O–H groups in total. The molecule has 0 atom stereocenters. The third kappa shape index (κ3) is 12.4. The molecule has 2 saturated heterocycles. The van der Waals surface area contributed by atoms with Gasteiger partial charge in [-0.05, 0) is 111 Å². The van der Waals surface area contributed by atoms with Gasteiger partial charge in [0.25, 0.3) is 23.6 Å². The van der Waals surface area contributed by atoms with E-state index >= 15 is 0 Å². The topological polar surface area (TPSA) is 170 Å². The maximum Gasteiger partial charge on any atom is 0.573 e. The van der Waals surface area contributed by atoms with Gasteiger partial charge in [-0.15, -0.1) is 13.2 Å². The van der Waals surface area contributed by atoms with E-state index in [1.54, 1.807) is 29.6 Å². The molecule has 356 valence electrons. The van der Waals surface area contributed by atoms with Gasteiger partial charge < -0.3 is 39.5 Å². The second kappa shape index (κ2) is 22.1. The fraction of sp³-hybridized carbons (Fsp3) is 0.373. The van der Waals surface area contributed by atoms with E-state index in [2.05, 4.69) is 35.3 Å². The van der Waals surface area contributed by atoms with Gasteiger partial charge in [0, 0.05) is 104 Å². The molecule has 2 fully saturated rings. The first kappa shape index (κ1) is 47.3. The number of alkyl halides is 3. The summed E-state index contributed by atoms with van der Waals surface area (Å²) in [7, 11) is 0. The van der Waals surface area contributed by atoms with Gasteiger partial charge >= 0.3 is 6.36 Å². The molecule has 0 radical (unpaired) electrons. The van der Waals surface area contributed by atoms with Crippen LogP contribution in [0.2, 0.25) is 0 Å². The molecule has 2 aromatic carbocycles. The van der Waals surface area contributed by atoms with Crippen LogP contribution in [0.5, 0.6) is 5.75 Å². The summed E-state index contributed by atoms with van der Waals surface area (Å²) in [6, 6.07) is 20.6. The van der Waals surface area contributed by atoms with E-state index < -0.39 is 18.0 Å². The molecule has 0 saturated carbocycles. The minimum atomic E-state index is -4.85. The predicted octanol–water partition coefficient (Wildman–Crippen LogP) is 9.18. The van der Waals surface area contributed by atoms with Crippen LogP contribution in [0.4, 0.5) is 13.2 Å². The summed E-state index contributed by atoms with van der Waals surface area (Å²) in [6.07, 6.45) is 15.4. The summed E-state index contributed by atoms with van der Waals surface area (Å²) in [6.45, 7) is 3.88. The van der Waals surface area contributed by atoms with Crippen LogP contribution in [-0.4, -0.2) is 103 Å². The number of H-pyrrole nitrogens is 2. The molecule has 17 heteroatoms. The number of para-hydroxylation sites is 1. The number of nitrogens with one attached hydrogen (secondary N) is 4. The number of rotatable bonds is 15. The Morgan fingerprint density at radius 1 is 0.706 bits per heavy atom. The van der Waals surface area contributed by atoms with Crippen molar-refractivity contribution < 1.29 is 37.1 Å². The van der Waals surface area contributed by atoms with Crippen LogP contribution in [0.3, 0.4) is 0 Å². The molecule has 7 aromatic rings. The smallest absolute Gasteiger partial charge is 0.405 e. The number of amides is 4. The van der Waals surface area contributed by atoms with Crippen molar-refractivity contribution in [2.75, 3.05) is 39.3 Å².